The van der Waals surface area contributed by atoms with Gasteiger partial charge in [-0.25, -0.2) is 4.39 Å². The second-order valence-corrected chi connectivity index (χ2v) is 5.20. The van der Waals surface area contributed by atoms with Gasteiger partial charge in [0.25, 0.3) is 0 Å². The van der Waals surface area contributed by atoms with Crippen LogP contribution in [0, 0.1) is 11.7 Å². The Bertz CT molecular complexity index is 446. The summed E-state index contributed by atoms with van der Waals surface area (Å²) >= 11 is 0. The average Bonchev–Trinajstić information content (AvgIpc) is 2.91. The maximum absolute atomic E-state index is 13.0. The summed E-state index contributed by atoms with van der Waals surface area (Å²) in [5, 5.41) is 0. The molecule has 0 aromatic heterocycles. The highest BCUT2D eigenvalue weighted by Crippen LogP contribution is 2.37. The van der Waals surface area contributed by atoms with Crippen LogP contribution in [0.1, 0.15) is 29.6 Å². The van der Waals surface area contributed by atoms with Gasteiger partial charge in [-0.05, 0) is 37.3 Å². The van der Waals surface area contributed by atoms with Gasteiger partial charge in [0.1, 0.15) is 5.82 Å². The summed E-state index contributed by atoms with van der Waals surface area (Å²) in [5.74, 6) is 0.496. The van der Waals surface area contributed by atoms with Gasteiger partial charge in [0.15, 0.2) is 5.78 Å². The minimum Gasteiger partial charge on any atom is -0.293 e. The van der Waals surface area contributed by atoms with Crippen molar-refractivity contribution in [1.82, 2.24) is 4.90 Å². The lowest BCUT2D eigenvalue weighted by Crippen LogP contribution is -2.36. The Labute approximate surface area is 100 Å². The minimum atomic E-state index is -0.334. The fourth-order valence-electron chi connectivity index (χ4n) is 3.16. The van der Waals surface area contributed by atoms with E-state index in [-0.39, 0.29) is 11.6 Å². The number of likely N-dealkylation sites (tertiary alicyclic amines) is 1. The molecule has 2 unspecified atom stereocenters. The first-order chi connectivity index (χ1) is 8.22. The van der Waals surface area contributed by atoms with Crippen LogP contribution >= 0.6 is 0 Å². The molecule has 90 valence electrons. The molecule has 1 saturated carbocycles. The highest BCUT2D eigenvalue weighted by atomic mass is 19.1. The fourth-order valence-corrected chi connectivity index (χ4v) is 3.16. The summed E-state index contributed by atoms with van der Waals surface area (Å²) in [6, 6.07) is 6.58. The van der Waals surface area contributed by atoms with Crippen LogP contribution in [0.4, 0.5) is 4.39 Å². The van der Waals surface area contributed by atoms with Crippen molar-refractivity contribution >= 4 is 5.78 Å². The Morgan fingerprint density at radius 1 is 1.41 bits per heavy atom. The van der Waals surface area contributed by atoms with Crippen molar-refractivity contribution in [2.75, 3.05) is 13.1 Å². The predicted molar refractivity (Wildman–Crippen MR) is 63.4 cm³/mol. The maximum Gasteiger partial charge on any atom is 0.176 e. The number of hydrogen-bond acceptors (Lipinski definition) is 2. The van der Waals surface area contributed by atoms with Gasteiger partial charge in [-0.1, -0.05) is 12.1 Å². The Morgan fingerprint density at radius 3 is 2.94 bits per heavy atom. The monoisotopic (exact) mass is 233 g/mol. The van der Waals surface area contributed by atoms with Gasteiger partial charge in [-0.15, -0.1) is 0 Å². The Hall–Kier alpha value is -1.22. The summed E-state index contributed by atoms with van der Waals surface area (Å²) in [6.07, 6.45) is 3.78. The fraction of sp³-hybridized carbons (Fsp3) is 0.500. The second kappa shape index (κ2) is 4.22. The highest BCUT2D eigenvalue weighted by molar-refractivity contribution is 5.97. The Morgan fingerprint density at radius 2 is 2.29 bits per heavy atom. The van der Waals surface area contributed by atoms with Crippen LogP contribution in [0.2, 0.25) is 0 Å². The molecule has 17 heavy (non-hydrogen) atoms. The van der Waals surface area contributed by atoms with Crippen LogP contribution in [0.5, 0.6) is 0 Å². The zero-order chi connectivity index (χ0) is 11.8. The molecule has 2 aliphatic rings. The van der Waals surface area contributed by atoms with Gasteiger partial charge < -0.3 is 0 Å². The smallest absolute Gasteiger partial charge is 0.176 e. The van der Waals surface area contributed by atoms with Crippen LogP contribution in [0.3, 0.4) is 0 Å². The lowest BCUT2D eigenvalue weighted by molar-refractivity contribution is 0.0904. The zero-order valence-corrected chi connectivity index (χ0v) is 9.73. The predicted octanol–water partition coefficient (Wildman–Crippen LogP) is 2.49. The SMILES string of the molecule is O=C(CN1CC2CCC1C2)c1cccc(F)c1. The molecular formula is C14H16FNO. The number of hydrogen-bond donors (Lipinski definition) is 0. The van der Waals surface area contributed by atoms with Crippen molar-refractivity contribution in [2.45, 2.75) is 25.3 Å². The lowest BCUT2D eigenvalue weighted by atomic mass is 10.1. The van der Waals surface area contributed by atoms with E-state index in [1.54, 1.807) is 12.1 Å². The molecule has 1 aromatic rings. The molecule has 0 amide bonds. The first-order valence-corrected chi connectivity index (χ1v) is 6.25. The molecule has 3 rings (SSSR count). The summed E-state index contributed by atoms with van der Waals surface area (Å²) < 4.78 is 13.0. The number of fused-ring (bicyclic) bond motifs is 2. The van der Waals surface area contributed by atoms with E-state index < -0.39 is 0 Å². The average molecular weight is 233 g/mol. The molecule has 0 radical (unpaired) electrons. The molecule has 0 N–H and O–H groups in total. The first-order valence-electron chi connectivity index (χ1n) is 6.25. The van der Waals surface area contributed by atoms with E-state index >= 15 is 0 Å². The summed E-state index contributed by atoms with van der Waals surface area (Å²) in [4.78, 5) is 14.3. The van der Waals surface area contributed by atoms with Crippen LogP contribution < -0.4 is 0 Å². The molecule has 2 nitrogen and oxygen atoms in total. The normalized spacial score (nSPS) is 27.6. The lowest BCUT2D eigenvalue weighted by Gasteiger charge is -2.25. The third kappa shape index (κ3) is 2.12. The maximum atomic E-state index is 13.0. The van der Waals surface area contributed by atoms with Crippen molar-refractivity contribution in [3.05, 3.63) is 35.6 Å². The molecule has 2 atom stereocenters. The van der Waals surface area contributed by atoms with Crippen molar-refractivity contribution in [3.8, 4) is 0 Å². The zero-order valence-electron chi connectivity index (χ0n) is 9.73. The molecule has 3 heteroatoms. The number of carbonyl (C=O) groups excluding carboxylic acids is 1. The molecule has 1 aliphatic heterocycles. The number of rotatable bonds is 3. The number of benzene rings is 1. The number of piperidine rings is 1. The number of halogens is 1. The van der Waals surface area contributed by atoms with Gasteiger partial charge in [0, 0.05) is 18.2 Å². The molecule has 1 saturated heterocycles. The van der Waals surface area contributed by atoms with E-state index in [1.807, 2.05) is 0 Å². The number of carbonyl (C=O) groups is 1. The van der Waals surface area contributed by atoms with E-state index in [1.165, 1.54) is 31.4 Å². The van der Waals surface area contributed by atoms with E-state index in [0.29, 0.717) is 18.2 Å². The highest BCUT2D eigenvalue weighted by Gasteiger charge is 2.38. The van der Waals surface area contributed by atoms with Crippen LogP contribution in [-0.4, -0.2) is 29.8 Å². The molecule has 2 fully saturated rings. The topological polar surface area (TPSA) is 20.3 Å². The van der Waals surface area contributed by atoms with E-state index in [2.05, 4.69) is 4.90 Å². The minimum absolute atomic E-state index is 0.0389. The molecule has 1 aromatic carbocycles. The van der Waals surface area contributed by atoms with Gasteiger partial charge in [0.05, 0.1) is 6.54 Å². The van der Waals surface area contributed by atoms with E-state index in [9.17, 15) is 9.18 Å². The molecule has 2 bridgehead atoms. The number of ketones is 1. The van der Waals surface area contributed by atoms with Crippen molar-refractivity contribution in [3.63, 3.8) is 0 Å². The summed E-state index contributed by atoms with van der Waals surface area (Å²) in [5.41, 5.74) is 0.493. The first kappa shape index (κ1) is 10.9. The van der Waals surface area contributed by atoms with Crippen molar-refractivity contribution < 1.29 is 9.18 Å². The van der Waals surface area contributed by atoms with Crippen LogP contribution in [0.15, 0.2) is 24.3 Å². The third-order valence-electron chi connectivity index (χ3n) is 4.02. The Kier molecular flexibility index (Phi) is 2.71. The van der Waals surface area contributed by atoms with Crippen molar-refractivity contribution in [1.29, 1.82) is 0 Å². The number of nitrogens with zero attached hydrogens (tertiary/aromatic N) is 1. The van der Waals surface area contributed by atoms with Gasteiger partial charge >= 0.3 is 0 Å². The molecule has 1 heterocycles. The summed E-state index contributed by atoms with van der Waals surface area (Å²) in [6.45, 7) is 1.50. The Balaban J connectivity index is 1.68. The van der Waals surface area contributed by atoms with E-state index in [0.717, 1.165) is 12.5 Å². The quantitative estimate of drug-likeness (QED) is 0.748. The largest absolute Gasteiger partial charge is 0.293 e. The second-order valence-electron chi connectivity index (χ2n) is 5.20. The molecule has 0 spiro atoms. The van der Waals surface area contributed by atoms with Crippen LogP contribution in [-0.2, 0) is 0 Å². The molecule has 1 aliphatic carbocycles. The van der Waals surface area contributed by atoms with Crippen molar-refractivity contribution in [2.24, 2.45) is 5.92 Å². The standard InChI is InChI=1S/C14H16FNO/c15-12-3-1-2-11(7-12)14(17)9-16-8-10-4-5-13(16)6-10/h1-3,7,10,13H,4-6,8-9H2. The third-order valence-corrected chi connectivity index (χ3v) is 4.02. The number of Topliss-reactive ketones (excluding diaryl/α,β-unsaturated/α-hetero) is 1. The van der Waals surface area contributed by atoms with Gasteiger partial charge in [-0.3, -0.25) is 9.69 Å². The molecular weight excluding hydrogens is 217 g/mol. The van der Waals surface area contributed by atoms with Gasteiger partial charge in [0.2, 0.25) is 0 Å². The van der Waals surface area contributed by atoms with Gasteiger partial charge in [-0.2, -0.15) is 0 Å². The summed E-state index contributed by atoms with van der Waals surface area (Å²) in [7, 11) is 0. The van der Waals surface area contributed by atoms with Crippen LogP contribution in [0.25, 0.3) is 0 Å². The van der Waals surface area contributed by atoms with E-state index in [4.69, 9.17) is 0 Å².